The van der Waals surface area contributed by atoms with Crippen molar-refractivity contribution >= 4 is 21.6 Å². The van der Waals surface area contributed by atoms with Crippen molar-refractivity contribution in [3.63, 3.8) is 0 Å². The average molecular weight is 309 g/mol. The van der Waals surface area contributed by atoms with Crippen LogP contribution in [-0.4, -0.2) is 11.3 Å². The van der Waals surface area contributed by atoms with Gasteiger partial charge in [0.2, 0.25) is 0 Å². The lowest BCUT2D eigenvalue weighted by Crippen LogP contribution is -2.16. The Bertz CT molecular complexity index is 778. The lowest BCUT2D eigenvalue weighted by molar-refractivity contribution is -0.274. The molecule has 2 aromatic carbocycles. The van der Waals surface area contributed by atoms with Gasteiger partial charge in [0, 0.05) is 5.56 Å². The molecule has 0 spiro atoms. The minimum atomic E-state index is -4.67. The van der Waals surface area contributed by atoms with Crippen LogP contribution in [-0.2, 0) is 0 Å². The van der Waals surface area contributed by atoms with Crippen LogP contribution in [0.3, 0.4) is 0 Å². The topological polar surface area (TPSA) is 22.1 Å². The molecule has 0 aliphatic rings. The molecule has 0 unspecified atom stereocenters. The van der Waals surface area contributed by atoms with E-state index >= 15 is 0 Å². The number of hydrogen-bond donors (Lipinski definition) is 0. The third-order valence-corrected chi connectivity index (χ3v) is 3.95. The Balaban J connectivity index is 1.91. The van der Waals surface area contributed by atoms with Crippen LogP contribution in [0.5, 0.6) is 5.75 Å². The van der Waals surface area contributed by atoms with Gasteiger partial charge in [-0.05, 0) is 48.9 Å². The van der Waals surface area contributed by atoms with E-state index in [2.05, 4.69) is 9.72 Å². The van der Waals surface area contributed by atoms with E-state index in [0.29, 0.717) is 0 Å². The summed E-state index contributed by atoms with van der Waals surface area (Å²) in [5.74, 6) is -0.233. The standard InChI is InChI=1S/C15H10F3NOS/c1-9-2-7-12-13(8-9)21-14(19-12)10-3-5-11(6-4-10)20-15(16,17)18/h2-8H,1H3. The van der Waals surface area contributed by atoms with Crippen molar-refractivity contribution in [2.75, 3.05) is 0 Å². The van der Waals surface area contributed by atoms with Crippen molar-refractivity contribution in [1.82, 2.24) is 4.98 Å². The van der Waals surface area contributed by atoms with Crippen molar-refractivity contribution in [2.24, 2.45) is 0 Å². The van der Waals surface area contributed by atoms with Gasteiger partial charge in [0.05, 0.1) is 10.2 Å². The third kappa shape index (κ3) is 3.16. The maximum Gasteiger partial charge on any atom is 0.573 e. The van der Waals surface area contributed by atoms with Crippen molar-refractivity contribution in [2.45, 2.75) is 13.3 Å². The summed E-state index contributed by atoms with van der Waals surface area (Å²) in [6.45, 7) is 2.00. The molecule has 6 heteroatoms. The van der Waals surface area contributed by atoms with E-state index < -0.39 is 6.36 Å². The molecule has 2 nitrogen and oxygen atoms in total. The highest BCUT2D eigenvalue weighted by molar-refractivity contribution is 7.21. The zero-order valence-electron chi connectivity index (χ0n) is 10.9. The fourth-order valence-corrected chi connectivity index (χ4v) is 3.02. The zero-order valence-corrected chi connectivity index (χ0v) is 11.8. The number of aromatic nitrogens is 1. The molecule has 3 aromatic rings. The number of aryl methyl sites for hydroxylation is 1. The van der Waals surface area contributed by atoms with Gasteiger partial charge in [0.1, 0.15) is 10.8 Å². The van der Waals surface area contributed by atoms with Crippen LogP contribution in [0.25, 0.3) is 20.8 Å². The molecular weight excluding hydrogens is 299 g/mol. The summed E-state index contributed by atoms with van der Waals surface area (Å²) in [6.07, 6.45) is -4.67. The number of benzene rings is 2. The van der Waals surface area contributed by atoms with E-state index in [-0.39, 0.29) is 5.75 Å². The van der Waals surface area contributed by atoms with Crippen LogP contribution in [0, 0.1) is 6.92 Å². The quantitative estimate of drug-likeness (QED) is 0.651. The Labute approximate surface area is 122 Å². The SMILES string of the molecule is Cc1ccc2nc(-c3ccc(OC(F)(F)F)cc3)sc2c1. The van der Waals surface area contributed by atoms with Crippen LogP contribution in [0.4, 0.5) is 13.2 Å². The summed E-state index contributed by atoms with van der Waals surface area (Å²) >= 11 is 1.51. The number of fused-ring (bicyclic) bond motifs is 1. The Kier molecular flexibility index (Phi) is 3.33. The first-order valence-electron chi connectivity index (χ1n) is 6.14. The second-order valence-electron chi connectivity index (χ2n) is 4.56. The molecule has 108 valence electrons. The fourth-order valence-electron chi connectivity index (χ4n) is 1.95. The van der Waals surface area contributed by atoms with Gasteiger partial charge in [-0.25, -0.2) is 4.98 Å². The van der Waals surface area contributed by atoms with E-state index in [9.17, 15) is 13.2 Å². The molecule has 0 amide bonds. The molecule has 1 heterocycles. The lowest BCUT2D eigenvalue weighted by atomic mass is 10.2. The molecule has 0 atom stereocenters. The predicted octanol–water partition coefficient (Wildman–Crippen LogP) is 5.17. The maximum absolute atomic E-state index is 12.1. The molecule has 0 saturated carbocycles. The summed E-state index contributed by atoms with van der Waals surface area (Å²) < 4.78 is 41.2. The predicted molar refractivity (Wildman–Crippen MR) is 76.5 cm³/mol. The Hall–Kier alpha value is -2.08. The first-order chi connectivity index (χ1) is 9.90. The number of alkyl halides is 3. The first kappa shape index (κ1) is 13.9. The van der Waals surface area contributed by atoms with Gasteiger partial charge in [0.15, 0.2) is 0 Å². The molecule has 1 aromatic heterocycles. The minimum absolute atomic E-state index is 0.233. The molecule has 21 heavy (non-hydrogen) atoms. The highest BCUT2D eigenvalue weighted by Gasteiger charge is 2.30. The van der Waals surface area contributed by atoms with Gasteiger partial charge in [-0.1, -0.05) is 6.07 Å². The fraction of sp³-hybridized carbons (Fsp3) is 0.133. The van der Waals surface area contributed by atoms with Gasteiger partial charge in [0.25, 0.3) is 0 Å². The number of nitrogens with zero attached hydrogens (tertiary/aromatic N) is 1. The summed E-state index contributed by atoms with van der Waals surface area (Å²) in [7, 11) is 0. The van der Waals surface area contributed by atoms with E-state index in [4.69, 9.17) is 0 Å². The van der Waals surface area contributed by atoms with Crippen LogP contribution in [0.15, 0.2) is 42.5 Å². The van der Waals surface area contributed by atoms with Gasteiger partial charge in [-0.2, -0.15) is 0 Å². The van der Waals surface area contributed by atoms with E-state index in [1.165, 1.54) is 23.5 Å². The van der Waals surface area contributed by atoms with E-state index in [1.807, 2.05) is 25.1 Å². The Morgan fingerprint density at radius 3 is 2.43 bits per heavy atom. The van der Waals surface area contributed by atoms with Crippen molar-refractivity contribution in [1.29, 1.82) is 0 Å². The van der Waals surface area contributed by atoms with Crippen LogP contribution in [0.1, 0.15) is 5.56 Å². The number of hydrogen-bond acceptors (Lipinski definition) is 3. The third-order valence-electron chi connectivity index (χ3n) is 2.88. The Morgan fingerprint density at radius 2 is 1.76 bits per heavy atom. The molecule has 0 aliphatic carbocycles. The molecule has 3 rings (SSSR count). The molecule has 0 N–H and O–H groups in total. The van der Waals surface area contributed by atoms with Crippen molar-refractivity contribution in [3.05, 3.63) is 48.0 Å². The van der Waals surface area contributed by atoms with E-state index in [0.717, 1.165) is 26.4 Å². The number of ether oxygens (including phenoxy) is 1. The van der Waals surface area contributed by atoms with E-state index in [1.54, 1.807) is 12.1 Å². The number of halogens is 3. The monoisotopic (exact) mass is 309 g/mol. The lowest BCUT2D eigenvalue weighted by Gasteiger charge is -2.08. The molecule has 0 aliphatic heterocycles. The summed E-state index contributed by atoms with van der Waals surface area (Å²) in [5.41, 5.74) is 2.80. The molecule has 0 fully saturated rings. The molecule has 0 radical (unpaired) electrons. The largest absolute Gasteiger partial charge is 0.573 e. The highest BCUT2D eigenvalue weighted by atomic mass is 32.1. The summed E-state index contributed by atoms with van der Waals surface area (Å²) in [4.78, 5) is 4.48. The van der Waals surface area contributed by atoms with Crippen LogP contribution in [0.2, 0.25) is 0 Å². The molecular formula is C15H10F3NOS. The van der Waals surface area contributed by atoms with Gasteiger partial charge in [-0.15, -0.1) is 24.5 Å². The van der Waals surface area contributed by atoms with Crippen LogP contribution < -0.4 is 4.74 Å². The highest BCUT2D eigenvalue weighted by Crippen LogP contribution is 2.32. The van der Waals surface area contributed by atoms with Crippen molar-refractivity contribution in [3.8, 4) is 16.3 Å². The maximum atomic E-state index is 12.1. The number of rotatable bonds is 2. The Morgan fingerprint density at radius 1 is 1.05 bits per heavy atom. The first-order valence-corrected chi connectivity index (χ1v) is 6.96. The number of thiazole rings is 1. The summed E-state index contributed by atoms with van der Waals surface area (Å²) in [6, 6.07) is 11.7. The molecule has 0 bridgehead atoms. The second kappa shape index (κ2) is 5.04. The minimum Gasteiger partial charge on any atom is -0.406 e. The van der Waals surface area contributed by atoms with Crippen molar-refractivity contribution < 1.29 is 17.9 Å². The normalized spacial score (nSPS) is 11.8. The second-order valence-corrected chi connectivity index (χ2v) is 5.59. The van der Waals surface area contributed by atoms with Gasteiger partial charge >= 0.3 is 6.36 Å². The summed E-state index contributed by atoms with van der Waals surface area (Å²) in [5, 5.41) is 0.772. The zero-order chi connectivity index (χ0) is 15.0. The van der Waals surface area contributed by atoms with Crippen LogP contribution >= 0.6 is 11.3 Å². The molecule has 0 saturated heterocycles. The average Bonchev–Trinajstić information content (AvgIpc) is 2.80. The van der Waals surface area contributed by atoms with Gasteiger partial charge < -0.3 is 4.74 Å². The smallest absolute Gasteiger partial charge is 0.406 e. The van der Waals surface area contributed by atoms with Gasteiger partial charge in [-0.3, -0.25) is 0 Å².